The molecule has 2 N–H and O–H groups in total. The molecule has 0 aromatic carbocycles. The van der Waals surface area contributed by atoms with Crippen molar-refractivity contribution in [3.8, 4) is 0 Å². The van der Waals surface area contributed by atoms with Crippen molar-refractivity contribution in [2.45, 2.75) is 37.8 Å². The highest BCUT2D eigenvalue weighted by Crippen LogP contribution is 2.11. The van der Waals surface area contributed by atoms with Gasteiger partial charge in [0.1, 0.15) is 0 Å². The number of nitrogens with one attached hydrogen (secondary N) is 1. The molecule has 2 aliphatic rings. The van der Waals surface area contributed by atoms with E-state index >= 15 is 0 Å². The summed E-state index contributed by atoms with van der Waals surface area (Å²) in [5.74, 6) is -0.153. The fraction of sp³-hybridized carbons (Fsp3) is 0.833. The van der Waals surface area contributed by atoms with Gasteiger partial charge in [0, 0.05) is 19.6 Å². The topological polar surface area (TPSA) is 78.9 Å². The van der Waals surface area contributed by atoms with Crippen LogP contribution in [0.5, 0.6) is 0 Å². The van der Waals surface area contributed by atoms with E-state index in [9.17, 15) is 14.7 Å². The molecule has 0 aromatic heterocycles. The number of ether oxygens (including phenoxy) is 1. The lowest BCUT2D eigenvalue weighted by Gasteiger charge is -2.30. The quantitative estimate of drug-likeness (QED) is 0.697. The highest BCUT2D eigenvalue weighted by atomic mass is 16.5. The van der Waals surface area contributed by atoms with Crippen LogP contribution < -0.4 is 5.32 Å². The number of aliphatic hydroxyl groups excluding tert-OH is 1. The Hall–Kier alpha value is -1.14. The zero-order valence-corrected chi connectivity index (χ0v) is 10.4. The van der Waals surface area contributed by atoms with Gasteiger partial charge in [-0.25, -0.2) is 0 Å². The fourth-order valence-electron chi connectivity index (χ4n) is 2.35. The molecule has 2 amide bonds. The zero-order valence-electron chi connectivity index (χ0n) is 10.4. The summed E-state index contributed by atoms with van der Waals surface area (Å²) >= 11 is 0. The van der Waals surface area contributed by atoms with Crippen LogP contribution in [0.3, 0.4) is 0 Å². The maximum atomic E-state index is 11.8. The van der Waals surface area contributed by atoms with Crippen molar-refractivity contribution >= 4 is 11.8 Å². The molecule has 0 aliphatic carbocycles. The first-order chi connectivity index (χ1) is 8.66. The van der Waals surface area contributed by atoms with Gasteiger partial charge in [-0.3, -0.25) is 9.59 Å². The molecular formula is C12H20N2O4. The molecule has 2 heterocycles. The summed E-state index contributed by atoms with van der Waals surface area (Å²) in [6.45, 7) is 1.56. The van der Waals surface area contributed by atoms with Crippen molar-refractivity contribution < 1.29 is 19.4 Å². The van der Waals surface area contributed by atoms with Crippen molar-refractivity contribution in [2.24, 2.45) is 0 Å². The standard InChI is InChI=1S/C12H20N2O4/c15-10-8-18-6-4-9(10)13-11(16)7-14-5-2-1-3-12(14)17/h9-10,15H,1-8H2,(H,13,16)/t9-,10-/m1/s1. The number of rotatable bonds is 3. The van der Waals surface area contributed by atoms with Gasteiger partial charge < -0.3 is 20.1 Å². The number of nitrogens with zero attached hydrogens (tertiary/aromatic N) is 1. The molecule has 2 atom stereocenters. The predicted molar refractivity (Wildman–Crippen MR) is 63.8 cm³/mol. The van der Waals surface area contributed by atoms with Gasteiger partial charge in [-0.05, 0) is 19.3 Å². The average molecular weight is 256 g/mol. The van der Waals surface area contributed by atoms with Gasteiger partial charge in [0.25, 0.3) is 0 Å². The molecule has 102 valence electrons. The van der Waals surface area contributed by atoms with Crippen molar-refractivity contribution in [1.29, 1.82) is 0 Å². The summed E-state index contributed by atoms with van der Waals surface area (Å²) in [7, 11) is 0. The number of hydrogen-bond donors (Lipinski definition) is 2. The van der Waals surface area contributed by atoms with E-state index in [-0.39, 0.29) is 31.0 Å². The fourth-order valence-corrected chi connectivity index (χ4v) is 2.35. The van der Waals surface area contributed by atoms with Gasteiger partial charge in [0.15, 0.2) is 0 Å². The Bertz CT molecular complexity index is 321. The van der Waals surface area contributed by atoms with Crippen LogP contribution in [0.4, 0.5) is 0 Å². The Balaban J connectivity index is 1.78. The Morgan fingerprint density at radius 2 is 2.33 bits per heavy atom. The first kappa shape index (κ1) is 13.3. The zero-order chi connectivity index (χ0) is 13.0. The molecule has 6 heteroatoms. The minimum Gasteiger partial charge on any atom is -0.389 e. The van der Waals surface area contributed by atoms with E-state index in [1.165, 1.54) is 0 Å². The van der Waals surface area contributed by atoms with Crippen LogP contribution in [0.2, 0.25) is 0 Å². The van der Waals surface area contributed by atoms with Crippen LogP contribution in [0.15, 0.2) is 0 Å². The highest BCUT2D eigenvalue weighted by Gasteiger charge is 2.27. The lowest BCUT2D eigenvalue weighted by Crippen LogP contribution is -2.52. The summed E-state index contributed by atoms with van der Waals surface area (Å²) in [5.41, 5.74) is 0. The first-order valence-electron chi connectivity index (χ1n) is 6.50. The third-order valence-electron chi connectivity index (χ3n) is 3.43. The number of amides is 2. The summed E-state index contributed by atoms with van der Waals surface area (Å²) in [6, 6.07) is -0.258. The number of likely N-dealkylation sites (tertiary alicyclic amines) is 1. The second-order valence-corrected chi connectivity index (χ2v) is 4.88. The Morgan fingerprint density at radius 3 is 3.06 bits per heavy atom. The molecule has 2 aliphatic heterocycles. The van der Waals surface area contributed by atoms with E-state index in [0.29, 0.717) is 26.0 Å². The first-order valence-corrected chi connectivity index (χ1v) is 6.50. The van der Waals surface area contributed by atoms with Gasteiger partial charge in [-0.1, -0.05) is 0 Å². The maximum absolute atomic E-state index is 11.8. The normalized spacial score (nSPS) is 29.2. The Morgan fingerprint density at radius 1 is 1.50 bits per heavy atom. The molecule has 0 bridgehead atoms. The van der Waals surface area contributed by atoms with Crippen LogP contribution in [0.1, 0.15) is 25.7 Å². The summed E-state index contributed by atoms with van der Waals surface area (Å²) in [6.07, 6.45) is 2.36. The number of aliphatic hydroxyl groups is 1. The third-order valence-corrected chi connectivity index (χ3v) is 3.43. The van der Waals surface area contributed by atoms with Crippen LogP contribution in [0, 0.1) is 0 Å². The highest BCUT2D eigenvalue weighted by molar-refractivity contribution is 5.85. The summed E-state index contributed by atoms with van der Waals surface area (Å²) in [5, 5.41) is 12.4. The molecule has 2 rings (SSSR count). The van der Waals surface area contributed by atoms with Crippen LogP contribution in [0.25, 0.3) is 0 Å². The molecule has 18 heavy (non-hydrogen) atoms. The summed E-state index contributed by atoms with van der Waals surface area (Å²) < 4.78 is 5.09. The number of hydrogen-bond acceptors (Lipinski definition) is 4. The lowest BCUT2D eigenvalue weighted by molar-refractivity contribution is -0.138. The second-order valence-electron chi connectivity index (χ2n) is 4.88. The van der Waals surface area contributed by atoms with Crippen LogP contribution >= 0.6 is 0 Å². The van der Waals surface area contributed by atoms with Crippen molar-refractivity contribution in [3.63, 3.8) is 0 Å². The van der Waals surface area contributed by atoms with Gasteiger partial charge in [0.05, 0.1) is 25.3 Å². The van der Waals surface area contributed by atoms with E-state index in [4.69, 9.17) is 4.74 Å². The monoisotopic (exact) mass is 256 g/mol. The van der Waals surface area contributed by atoms with Gasteiger partial charge in [0.2, 0.25) is 11.8 Å². The molecule has 0 unspecified atom stereocenters. The Kier molecular flexibility index (Phi) is 4.54. The SMILES string of the molecule is O=C(CN1CCCCC1=O)N[C@@H]1CCOC[C@H]1O. The molecule has 0 radical (unpaired) electrons. The molecule has 0 aromatic rings. The molecule has 6 nitrogen and oxygen atoms in total. The van der Waals surface area contributed by atoms with E-state index in [0.717, 1.165) is 12.8 Å². The molecule has 0 spiro atoms. The van der Waals surface area contributed by atoms with Gasteiger partial charge in [-0.15, -0.1) is 0 Å². The van der Waals surface area contributed by atoms with E-state index in [1.807, 2.05) is 0 Å². The van der Waals surface area contributed by atoms with Gasteiger partial charge >= 0.3 is 0 Å². The molecular weight excluding hydrogens is 236 g/mol. The van der Waals surface area contributed by atoms with E-state index in [2.05, 4.69) is 5.32 Å². The minimum absolute atomic E-state index is 0.0453. The van der Waals surface area contributed by atoms with Crippen molar-refractivity contribution in [2.75, 3.05) is 26.3 Å². The number of piperidine rings is 1. The minimum atomic E-state index is -0.653. The van der Waals surface area contributed by atoms with Crippen molar-refractivity contribution in [1.82, 2.24) is 10.2 Å². The Labute approximate surface area is 106 Å². The van der Waals surface area contributed by atoms with Gasteiger partial charge in [-0.2, -0.15) is 0 Å². The maximum Gasteiger partial charge on any atom is 0.239 e. The third kappa shape index (κ3) is 3.43. The molecule has 2 saturated heterocycles. The number of carbonyl (C=O) groups is 2. The lowest BCUT2D eigenvalue weighted by atomic mass is 10.1. The average Bonchev–Trinajstić information content (AvgIpc) is 2.35. The smallest absolute Gasteiger partial charge is 0.239 e. The predicted octanol–water partition coefficient (Wildman–Crippen LogP) is -0.735. The van der Waals surface area contributed by atoms with E-state index in [1.54, 1.807) is 4.90 Å². The summed E-state index contributed by atoms with van der Waals surface area (Å²) in [4.78, 5) is 25.0. The van der Waals surface area contributed by atoms with E-state index < -0.39 is 6.10 Å². The largest absolute Gasteiger partial charge is 0.389 e. The van der Waals surface area contributed by atoms with Crippen LogP contribution in [-0.2, 0) is 14.3 Å². The molecule has 2 fully saturated rings. The van der Waals surface area contributed by atoms with Crippen LogP contribution in [-0.4, -0.2) is 60.3 Å². The number of carbonyl (C=O) groups excluding carboxylic acids is 2. The van der Waals surface area contributed by atoms with Crippen molar-refractivity contribution in [3.05, 3.63) is 0 Å². The molecule has 0 saturated carbocycles. The second kappa shape index (κ2) is 6.15.